The summed E-state index contributed by atoms with van der Waals surface area (Å²) in [6.45, 7) is 2.83. The van der Waals surface area contributed by atoms with Crippen molar-refractivity contribution in [3.8, 4) is 11.5 Å². The van der Waals surface area contributed by atoms with E-state index >= 15 is 0 Å². The molecule has 0 unspecified atom stereocenters. The van der Waals surface area contributed by atoms with Gasteiger partial charge in [0, 0.05) is 27.6 Å². The van der Waals surface area contributed by atoms with Crippen molar-refractivity contribution in [1.29, 1.82) is 0 Å². The Kier molecular flexibility index (Phi) is 4.53. The Morgan fingerprint density at radius 1 is 1.19 bits per heavy atom. The molecule has 2 aromatic rings. The van der Waals surface area contributed by atoms with Crippen LogP contribution in [0.25, 0.3) is 0 Å². The Hall–Kier alpha value is -1.03. The highest BCUT2D eigenvalue weighted by atomic mass is 79.9. The second-order valence-electron chi connectivity index (χ2n) is 5.42. The predicted octanol–water partition coefficient (Wildman–Crippen LogP) is 5.46. The van der Waals surface area contributed by atoms with E-state index in [2.05, 4.69) is 21.2 Å². The van der Waals surface area contributed by atoms with Crippen LogP contribution in [0, 0.1) is 6.92 Å². The normalized spacial score (nSPS) is 14.2. The zero-order valence-electron chi connectivity index (χ0n) is 11.8. The van der Waals surface area contributed by atoms with Crippen molar-refractivity contribution in [3.05, 3.63) is 57.0 Å². The second-order valence-corrected chi connectivity index (χ2v) is 6.77. The fourth-order valence-electron chi connectivity index (χ4n) is 2.17. The van der Waals surface area contributed by atoms with Gasteiger partial charge in [-0.15, -0.1) is 0 Å². The SMILES string of the molecule is Cc1cc(Br)ccc1Oc1ccc(Cl)cc1CNC1CC1. The lowest BCUT2D eigenvalue weighted by molar-refractivity contribution is 0.469. The van der Waals surface area contributed by atoms with Crippen LogP contribution in [-0.4, -0.2) is 6.04 Å². The number of rotatable bonds is 5. The van der Waals surface area contributed by atoms with Gasteiger partial charge in [0.2, 0.25) is 0 Å². The van der Waals surface area contributed by atoms with Gasteiger partial charge in [0.1, 0.15) is 11.5 Å². The van der Waals surface area contributed by atoms with Crippen molar-refractivity contribution in [2.75, 3.05) is 0 Å². The second kappa shape index (κ2) is 6.39. The molecule has 1 aliphatic rings. The van der Waals surface area contributed by atoms with Crippen LogP contribution in [0.4, 0.5) is 0 Å². The standard InChI is InChI=1S/C17H17BrClNO/c1-11-8-13(18)2-6-16(11)21-17-7-3-14(19)9-12(17)10-20-15-4-5-15/h2-3,6-9,15,20H,4-5,10H2,1H3. The lowest BCUT2D eigenvalue weighted by atomic mass is 10.2. The number of ether oxygens (including phenoxy) is 1. The first-order valence-electron chi connectivity index (χ1n) is 7.07. The topological polar surface area (TPSA) is 21.3 Å². The summed E-state index contributed by atoms with van der Waals surface area (Å²) >= 11 is 9.58. The van der Waals surface area contributed by atoms with Crippen LogP contribution < -0.4 is 10.1 Å². The number of aryl methyl sites for hydroxylation is 1. The van der Waals surface area contributed by atoms with Gasteiger partial charge in [0.05, 0.1) is 0 Å². The summed E-state index contributed by atoms with van der Waals surface area (Å²) in [5, 5.41) is 4.24. The molecule has 0 saturated heterocycles. The molecule has 1 N–H and O–H groups in total. The van der Waals surface area contributed by atoms with E-state index in [4.69, 9.17) is 16.3 Å². The Morgan fingerprint density at radius 2 is 1.95 bits per heavy atom. The molecule has 110 valence electrons. The average molecular weight is 367 g/mol. The maximum atomic E-state index is 6.11. The van der Waals surface area contributed by atoms with Crippen molar-refractivity contribution in [2.45, 2.75) is 32.4 Å². The highest BCUT2D eigenvalue weighted by molar-refractivity contribution is 9.10. The molecule has 3 rings (SSSR count). The van der Waals surface area contributed by atoms with Gasteiger partial charge in [-0.1, -0.05) is 27.5 Å². The Labute approximate surface area is 138 Å². The lowest BCUT2D eigenvalue weighted by Crippen LogP contribution is -2.15. The van der Waals surface area contributed by atoms with Crippen LogP contribution >= 0.6 is 27.5 Å². The minimum absolute atomic E-state index is 0.659. The van der Waals surface area contributed by atoms with Crippen LogP contribution in [0.5, 0.6) is 11.5 Å². The van der Waals surface area contributed by atoms with E-state index in [1.165, 1.54) is 12.8 Å². The van der Waals surface area contributed by atoms with Gasteiger partial charge >= 0.3 is 0 Å². The first-order chi connectivity index (χ1) is 10.1. The fourth-order valence-corrected chi connectivity index (χ4v) is 2.84. The molecule has 2 aromatic carbocycles. The lowest BCUT2D eigenvalue weighted by Gasteiger charge is -2.14. The molecule has 2 nitrogen and oxygen atoms in total. The van der Waals surface area contributed by atoms with E-state index in [0.29, 0.717) is 6.04 Å². The van der Waals surface area contributed by atoms with Gasteiger partial charge in [0.25, 0.3) is 0 Å². The number of hydrogen-bond acceptors (Lipinski definition) is 2. The minimum Gasteiger partial charge on any atom is -0.457 e. The molecule has 0 aliphatic heterocycles. The molecule has 1 fully saturated rings. The monoisotopic (exact) mass is 365 g/mol. The molecule has 0 atom stereocenters. The zero-order chi connectivity index (χ0) is 14.8. The average Bonchev–Trinajstić information content (AvgIpc) is 3.26. The van der Waals surface area contributed by atoms with Gasteiger partial charge < -0.3 is 10.1 Å². The summed E-state index contributed by atoms with van der Waals surface area (Å²) in [5.74, 6) is 1.73. The van der Waals surface area contributed by atoms with Crippen molar-refractivity contribution in [3.63, 3.8) is 0 Å². The molecular formula is C17H17BrClNO. The van der Waals surface area contributed by atoms with Crippen LogP contribution in [0.3, 0.4) is 0 Å². The van der Waals surface area contributed by atoms with Gasteiger partial charge in [-0.2, -0.15) is 0 Å². The molecule has 0 aromatic heterocycles. The van der Waals surface area contributed by atoms with Gasteiger partial charge in [-0.25, -0.2) is 0 Å². The highest BCUT2D eigenvalue weighted by Crippen LogP contribution is 2.31. The van der Waals surface area contributed by atoms with Crippen LogP contribution in [0.1, 0.15) is 24.0 Å². The minimum atomic E-state index is 0.659. The number of halogens is 2. The Bertz CT molecular complexity index is 655. The van der Waals surface area contributed by atoms with E-state index in [0.717, 1.165) is 38.7 Å². The van der Waals surface area contributed by atoms with E-state index in [1.807, 2.05) is 43.3 Å². The smallest absolute Gasteiger partial charge is 0.132 e. The fraction of sp³-hybridized carbons (Fsp3) is 0.294. The summed E-state index contributed by atoms with van der Waals surface area (Å²) in [4.78, 5) is 0. The predicted molar refractivity (Wildman–Crippen MR) is 90.3 cm³/mol. The van der Waals surface area contributed by atoms with Crippen molar-refractivity contribution >= 4 is 27.5 Å². The van der Waals surface area contributed by atoms with E-state index in [1.54, 1.807) is 0 Å². The highest BCUT2D eigenvalue weighted by Gasteiger charge is 2.20. The van der Waals surface area contributed by atoms with Crippen LogP contribution in [0.2, 0.25) is 5.02 Å². The summed E-state index contributed by atoms with van der Waals surface area (Å²) in [6, 6.07) is 12.4. The summed E-state index contributed by atoms with van der Waals surface area (Å²) < 4.78 is 7.14. The van der Waals surface area contributed by atoms with Gasteiger partial charge in [0.15, 0.2) is 0 Å². The third kappa shape index (κ3) is 4.00. The van der Waals surface area contributed by atoms with Gasteiger partial charge in [-0.3, -0.25) is 0 Å². The van der Waals surface area contributed by atoms with Crippen molar-refractivity contribution in [1.82, 2.24) is 5.32 Å². The summed E-state index contributed by atoms with van der Waals surface area (Å²) in [6.07, 6.45) is 2.53. The summed E-state index contributed by atoms with van der Waals surface area (Å²) in [5.41, 5.74) is 2.19. The Morgan fingerprint density at radius 3 is 2.67 bits per heavy atom. The van der Waals surface area contributed by atoms with Crippen molar-refractivity contribution < 1.29 is 4.74 Å². The van der Waals surface area contributed by atoms with Crippen LogP contribution in [-0.2, 0) is 6.54 Å². The van der Waals surface area contributed by atoms with E-state index in [-0.39, 0.29) is 0 Å². The molecule has 1 saturated carbocycles. The molecular weight excluding hydrogens is 350 g/mol. The molecule has 0 spiro atoms. The zero-order valence-corrected chi connectivity index (χ0v) is 14.2. The first-order valence-corrected chi connectivity index (χ1v) is 8.25. The largest absolute Gasteiger partial charge is 0.457 e. The molecule has 0 amide bonds. The third-order valence-corrected chi connectivity index (χ3v) is 4.27. The maximum Gasteiger partial charge on any atom is 0.132 e. The molecule has 21 heavy (non-hydrogen) atoms. The molecule has 0 bridgehead atoms. The molecule has 0 radical (unpaired) electrons. The number of hydrogen-bond donors (Lipinski definition) is 1. The van der Waals surface area contributed by atoms with E-state index in [9.17, 15) is 0 Å². The van der Waals surface area contributed by atoms with Gasteiger partial charge in [-0.05, 0) is 61.7 Å². The maximum absolute atomic E-state index is 6.11. The molecule has 0 heterocycles. The first kappa shape index (κ1) is 14.9. The summed E-state index contributed by atoms with van der Waals surface area (Å²) in [7, 11) is 0. The number of benzene rings is 2. The Balaban J connectivity index is 1.82. The molecule has 4 heteroatoms. The third-order valence-electron chi connectivity index (χ3n) is 3.54. The molecule has 1 aliphatic carbocycles. The quantitative estimate of drug-likeness (QED) is 0.759. The van der Waals surface area contributed by atoms with Crippen molar-refractivity contribution in [2.24, 2.45) is 0 Å². The number of nitrogens with one attached hydrogen (secondary N) is 1. The van der Waals surface area contributed by atoms with E-state index < -0.39 is 0 Å². The van der Waals surface area contributed by atoms with Crippen LogP contribution in [0.15, 0.2) is 40.9 Å².